The number of anilines is 2. The third-order valence-corrected chi connectivity index (χ3v) is 5.42. The molecule has 36 heavy (non-hydrogen) atoms. The summed E-state index contributed by atoms with van der Waals surface area (Å²) >= 11 is 0. The van der Waals surface area contributed by atoms with Crippen LogP contribution in [0, 0.1) is 23.5 Å². The highest BCUT2D eigenvalue weighted by molar-refractivity contribution is 6.19. The maximum Gasteiger partial charge on any atom is 0.269 e. The van der Waals surface area contributed by atoms with E-state index in [4.69, 9.17) is 0 Å². The van der Waals surface area contributed by atoms with Crippen molar-refractivity contribution in [2.75, 3.05) is 17.2 Å². The van der Waals surface area contributed by atoms with Crippen molar-refractivity contribution in [3.63, 3.8) is 0 Å². The number of aliphatic imine (C=N–C) groups is 1. The lowest BCUT2D eigenvalue weighted by molar-refractivity contribution is -0.126. The average molecular weight is 499 g/mol. The van der Waals surface area contributed by atoms with Gasteiger partial charge in [-0.3, -0.25) is 9.59 Å². The topological polar surface area (TPSA) is 95.5 Å². The Morgan fingerprint density at radius 2 is 1.58 bits per heavy atom. The molecule has 0 saturated heterocycles. The van der Waals surface area contributed by atoms with Crippen LogP contribution < -0.4 is 16.0 Å². The lowest BCUT2D eigenvalue weighted by atomic mass is 10.0. The van der Waals surface area contributed by atoms with Crippen molar-refractivity contribution in [3.8, 4) is 0 Å². The summed E-state index contributed by atoms with van der Waals surface area (Å²) in [5.41, 5.74) is 1.64. The molecule has 0 radical (unpaired) electrons. The normalized spacial score (nSPS) is 14.8. The molecule has 0 bridgehead atoms. The maximum absolute atomic E-state index is 13.6. The third kappa shape index (κ3) is 5.51. The first kappa shape index (κ1) is 24.8. The smallest absolute Gasteiger partial charge is 0.269 e. The number of carbonyl (C=O) groups excluding carboxylic acids is 2. The number of aromatic nitrogens is 1. The third-order valence-electron chi connectivity index (χ3n) is 5.42. The van der Waals surface area contributed by atoms with Crippen LogP contribution in [0.3, 0.4) is 0 Å². The molecule has 11 heteroatoms. The zero-order valence-corrected chi connectivity index (χ0v) is 18.8. The van der Waals surface area contributed by atoms with Crippen molar-refractivity contribution in [2.24, 2.45) is 4.99 Å². The molecular formula is C25H21F4N5O2. The predicted octanol–water partition coefficient (Wildman–Crippen LogP) is 4.15. The Labute approximate surface area is 203 Å². The fourth-order valence-electron chi connectivity index (χ4n) is 3.67. The Balaban J connectivity index is 1.37. The predicted molar refractivity (Wildman–Crippen MR) is 125 cm³/mol. The standard InChI is InChI=1S/C25H21F4N5O2/c26-18-21(19(27)23(29)34-22(18)28)30-13-7-6-12-17(35)32-24-25(36)31-16-11-5-4-10-15(16)20(33-24)14-8-2-1-3-9-14/h1-5,8-11,24H,6-7,12-13H2,(H,30,34)(H,31,36)(H,32,35). The molecule has 1 aromatic heterocycles. The van der Waals surface area contributed by atoms with Gasteiger partial charge in [0.25, 0.3) is 17.8 Å². The van der Waals surface area contributed by atoms with E-state index >= 15 is 0 Å². The number of pyridine rings is 1. The summed E-state index contributed by atoms with van der Waals surface area (Å²) in [4.78, 5) is 32.3. The molecule has 3 aromatic rings. The number of benzodiazepines with no additional fused rings is 1. The highest BCUT2D eigenvalue weighted by Crippen LogP contribution is 2.24. The van der Waals surface area contributed by atoms with Crippen molar-refractivity contribution < 1.29 is 27.2 Å². The molecule has 0 aliphatic carbocycles. The van der Waals surface area contributed by atoms with Crippen molar-refractivity contribution in [1.82, 2.24) is 10.3 Å². The zero-order chi connectivity index (χ0) is 25.7. The van der Waals surface area contributed by atoms with Crippen LogP contribution in [0.25, 0.3) is 0 Å². The summed E-state index contributed by atoms with van der Waals surface area (Å²) in [6.45, 7) is -0.0560. The molecule has 186 valence electrons. The summed E-state index contributed by atoms with van der Waals surface area (Å²) in [6, 6.07) is 16.4. The van der Waals surface area contributed by atoms with E-state index < -0.39 is 47.2 Å². The monoisotopic (exact) mass is 499 g/mol. The Kier molecular flexibility index (Phi) is 7.57. The second kappa shape index (κ2) is 11.0. The number of halogens is 4. The summed E-state index contributed by atoms with van der Waals surface area (Å²) in [5, 5.41) is 7.65. The van der Waals surface area contributed by atoms with Crippen molar-refractivity contribution in [3.05, 3.63) is 89.3 Å². The van der Waals surface area contributed by atoms with Gasteiger partial charge in [-0.2, -0.15) is 22.5 Å². The van der Waals surface area contributed by atoms with Gasteiger partial charge in [-0.15, -0.1) is 0 Å². The van der Waals surface area contributed by atoms with Crippen LogP contribution in [-0.4, -0.2) is 35.2 Å². The van der Waals surface area contributed by atoms with Gasteiger partial charge in [0, 0.05) is 24.1 Å². The summed E-state index contributed by atoms with van der Waals surface area (Å²) < 4.78 is 53.6. The van der Waals surface area contributed by atoms with Gasteiger partial charge in [-0.05, 0) is 18.9 Å². The summed E-state index contributed by atoms with van der Waals surface area (Å²) in [6.07, 6.45) is -0.677. The number of unbranched alkanes of at least 4 members (excludes halogenated alkanes) is 1. The Bertz CT molecular complexity index is 1290. The van der Waals surface area contributed by atoms with Crippen molar-refractivity contribution in [1.29, 1.82) is 0 Å². The lowest BCUT2D eigenvalue weighted by Gasteiger charge is -2.13. The first-order valence-electron chi connectivity index (χ1n) is 11.1. The van der Waals surface area contributed by atoms with E-state index in [0.29, 0.717) is 17.0 Å². The second-order valence-corrected chi connectivity index (χ2v) is 7.93. The number of fused-ring (bicyclic) bond motifs is 1. The number of hydrogen-bond donors (Lipinski definition) is 3. The minimum Gasteiger partial charge on any atom is -0.380 e. The number of nitrogens with one attached hydrogen (secondary N) is 3. The molecule has 1 atom stereocenters. The quantitative estimate of drug-likeness (QED) is 0.247. The fraction of sp³-hybridized carbons (Fsp3) is 0.200. The van der Waals surface area contributed by atoms with E-state index in [2.05, 4.69) is 25.9 Å². The molecule has 0 spiro atoms. The number of carbonyl (C=O) groups is 2. The molecule has 1 aliphatic heterocycles. The molecule has 1 aliphatic rings. The number of benzene rings is 2. The lowest BCUT2D eigenvalue weighted by Crippen LogP contribution is -2.42. The van der Waals surface area contributed by atoms with E-state index in [1.807, 2.05) is 42.5 Å². The maximum atomic E-state index is 13.6. The first-order valence-corrected chi connectivity index (χ1v) is 11.1. The second-order valence-electron chi connectivity index (χ2n) is 7.93. The van der Waals surface area contributed by atoms with E-state index in [9.17, 15) is 27.2 Å². The molecule has 4 rings (SSSR count). The van der Waals surface area contributed by atoms with Crippen LogP contribution in [0.4, 0.5) is 28.9 Å². The Hall–Kier alpha value is -4.28. The van der Waals surface area contributed by atoms with Gasteiger partial charge in [-0.25, -0.2) is 4.99 Å². The number of rotatable bonds is 8. The summed E-state index contributed by atoms with van der Waals surface area (Å²) in [5.74, 6) is -7.73. The minimum absolute atomic E-state index is 0.0152. The van der Waals surface area contributed by atoms with Gasteiger partial charge in [0.1, 0.15) is 5.69 Å². The van der Waals surface area contributed by atoms with Crippen LogP contribution in [0.2, 0.25) is 0 Å². The number of nitrogens with zero attached hydrogens (tertiary/aromatic N) is 2. The highest BCUT2D eigenvalue weighted by Gasteiger charge is 2.27. The van der Waals surface area contributed by atoms with E-state index in [-0.39, 0.29) is 25.8 Å². The number of para-hydroxylation sites is 1. The average Bonchev–Trinajstić information content (AvgIpc) is 3.01. The highest BCUT2D eigenvalue weighted by atomic mass is 19.2. The van der Waals surface area contributed by atoms with Crippen LogP contribution in [0.15, 0.2) is 59.6 Å². The van der Waals surface area contributed by atoms with Gasteiger partial charge in [-0.1, -0.05) is 48.5 Å². The first-order chi connectivity index (χ1) is 17.3. The van der Waals surface area contributed by atoms with E-state index in [1.54, 1.807) is 12.1 Å². The minimum atomic E-state index is -1.75. The Morgan fingerprint density at radius 1 is 0.917 bits per heavy atom. The van der Waals surface area contributed by atoms with Gasteiger partial charge in [0.15, 0.2) is 0 Å². The number of amides is 2. The Morgan fingerprint density at radius 3 is 2.31 bits per heavy atom. The van der Waals surface area contributed by atoms with Gasteiger partial charge in [0.05, 0.1) is 11.4 Å². The van der Waals surface area contributed by atoms with Crippen molar-refractivity contribution in [2.45, 2.75) is 25.4 Å². The summed E-state index contributed by atoms with van der Waals surface area (Å²) in [7, 11) is 0. The molecule has 7 nitrogen and oxygen atoms in total. The van der Waals surface area contributed by atoms with E-state index in [1.165, 1.54) is 0 Å². The van der Waals surface area contributed by atoms with Gasteiger partial charge < -0.3 is 16.0 Å². The van der Waals surface area contributed by atoms with Gasteiger partial charge in [0.2, 0.25) is 23.7 Å². The molecule has 3 N–H and O–H groups in total. The van der Waals surface area contributed by atoms with E-state index in [0.717, 1.165) is 5.56 Å². The zero-order valence-electron chi connectivity index (χ0n) is 18.8. The molecule has 0 fully saturated rings. The fourth-order valence-corrected chi connectivity index (χ4v) is 3.67. The van der Waals surface area contributed by atoms with Gasteiger partial charge >= 0.3 is 0 Å². The number of hydrogen-bond acceptors (Lipinski definition) is 5. The molecule has 2 heterocycles. The van der Waals surface area contributed by atoms with Crippen molar-refractivity contribution >= 4 is 28.9 Å². The van der Waals surface area contributed by atoms with Crippen LogP contribution in [0.1, 0.15) is 30.4 Å². The molecule has 1 unspecified atom stereocenters. The molecular weight excluding hydrogens is 478 g/mol. The van der Waals surface area contributed by atoms with Crippen LogP contribution >= 0.6 is 0 Å². The largest absolute Gasteiger partial charge is 0.380 e. The van der Waals surface area contributed by atoms with Crippen LogP contribution in [0.5, 0.6) is 0 Å². The molecule has 0 saturated carbocycles. The van der Waals surface area contributed by atoms with Crippen LogP contribution in [-0.2, 0) is 9.59 Å². The molecule has 2 aromatic carbocycles. The SMILES string of the molecule is O=C(CCCCNc1c(F)c(F)nc(F)c1F)NC1N=C(c2ccccc2)c2ccccc2NC1=O. The molecule has 2 amide bonds.